The van der Waals surface area contributed by atoms with Crippen LogP contribution >= 0.6 is 0 Å². The molecule has 40 valence electrons. The average Bonchev–Trinajstić information content (AvgIpc) is 1.39. The Morgan fingerprint density at radius 2 is 0.667 bits per heavy atom. The maximum absolute atomic E-state index is 8.40. The third kappa shape index (κ3) is 104. The Hall–Kier alpha value is 2.87. The first kappa shape index (κ1) is 29.7. The normalized spacial score (nSPS) is 1.78. The van der Waals surface area contributed by atoms with Crippen molar-refractivity contribution in [2.24, 2.45) is 0 Å². The molecule has 9 heteroatoms. The minimum atomic E-state index is -1.42. The Bertz CT molecular complexity index is 67.0. The van der Waals surface area contributed by atoms with E-state index in [-0.39, 0.29) is 108 Å². The molecule has 0 atom stereocenters. The molecule has 0 aromatic carbocycles. The molecule has 0 spiro atoms. The third-order valence-electron chi connectivity index (χ3n) is 0. The summed E-state index contributed by atoms with van der Waals surface area (Å²) in [5, 5.41) is 0. The Kier molecular flexibility index (Phi) is 147. The van der Waals surface area contributed by atoms with E-state index in [9.17, 15) is 0 Å². The molecule has 0 bridgehead atoms. The molecule has 5 nitrogen and oxygen atoms in total. The maximum atomic E-state index is 8.40. The third-order valence-corrected chi connectivity index (χ3v) is 0. The predicted octanol–water partition coefficient (Wildman–Crippen LogP) is -7.35. The molecule has 0 aliphatic carbocycles. The fraction of sp³-hybridized carbons (Fsp3) is 0. The molecule has 0 amide bonds. The Morgan fingerprint density at radius 3 is 0.667 bits per heavy atom. The van der Waals surface area contributed by atoms with E-state index < -0.39 is 18.6 Å². The minimum Gasteiger partial charge on any atom is -2.00 e. The van der Waals surface area contributed by atoms with Gasteiger partial charge in [0.25, 0.3) is 0 Å². The van der Waals surface area contributed by atoms with Gasteiger partial charge in [0.1, 0.15) is 0 Å². The van der Waals surface area contributed by atoms with E-state index in [1.807, 2.05) is 0 Å². The van der Waals surface area contributed by atoms with Gasteiger partial charge in [0.2, 0.25) is 0 Å². The second-order valence-electron chi connectivity index (χ2n) is 0.167. The van der Waals surface area contributed by atoms with E-state index in [4.69, 9.17) is 17.8 Å². The van der Waals surface area contributed by atoms with Gasteiger partial charge in [0.15, 0.2) is 0 Å². The van der Waals surface area contributed by atoms with Gasteiger partial charge in [-0.1, -0.05) is 0 Å². The van der Waals surface area contributed by atoms with Crippen LogP contribution in [0.15, 0.2) is 0 Å². The summed E-state index contributed by atoms with van der Waals surface area (Å²) in [6, 6.07) is 0. The van der Waals surface area contributed by atoms with E-state index >= 15 is 0 Å². The van der Waals surface area contributed by atoms with Gasteiger partial charge in [0.05, 0.1) is 0 Å². The SMILES string of the molecule is O=[Si]=O.O=[Si]=O.[K+].[K+].[O-2]. The standard InChI is InChI=1S/2K.2O2Si.O/c;;2*1-3-2;/q2*+1;;;-2. The first-order valence-corrected chi connectivity index (χ1v) is 2.45. The van der Waals surface area contributed by atoms with Crippen molar-refractivity contribution in [1.82, 2.24) is 0 Å². The average molecular weight is 214 g/mol. The molecule has 0 unspecified atom stereocenters. The Balaban J connectivity index is -0.00000000889. The van der Waals surface area contributed by atoms with Crippen molar-refractivity contribution in [3.05, 3.63) is 0 Å². The molecular weight excluding hydrogens is 214 g/mol. The van der Waals surface area contributed by atoms with Crippen LogP contribution in [0, 0.1) is 0 Å². The zero-order chi connectivity index (χ0) is 5.41. The van der Waals surface area contributed by atoms with E-state index in [0.29, 0.717) is 0 Å². The second-order valence-corrected chi connectivity index (χ2v) is 0.500. The largest absolute Gasteiger partial charge is 2.00 e. The number of hydrogen-bond acceptors (Lipinski definition) is 4. The van der Waals surface area contributed by atoms with Crippen molar-refractivity contribution < 1.29 is 126 Å². The van der Waals surface area contributed by atoms with Gasteiger partial charge < -0.3 is 5.48 Å². The molecule has 0 aromatic heterocycles. The van der Waals surface area contributed by atoms with Crippen LogP contribution in [0.5, 0.6) is 0 Å². The Morgan fingerprint density at radius 1 is 0.667 bits per heavy atom. The van der Waals surface area contributed by atoms with Crippen molar-refractivity contribution in [1.29, 1.82) is 0 Å². The zero-order valence-electron chi connectivity index (χ0n) is 5.04. The summed E-state index contributed by atoms with van der Waals surface area (Å²) in [4.78, 5) is 0. The molecule has 0 aliphatic heterocycles. The van der Waals surface area contributed by atoms with Gasteiger partial charge in [-0.2, -0.15) is 0 Å². The van der Waals surface area contributed by atoms with Crippen molar-refractivity contribution in [3.8, 4) is 0 Å². The molecule has 0 fully saturated rings. The zero-order valence-corrected chi connectivity index (χ0v) is 13.3. The summed E-state index contributed by atoms with van der Waals surface area (Å²) >= 11 is 0. The molecular formula is K2O5Si2. The van der Waals surface area contributed by atoms with Crippen LogP contribution in [-0.2, 0) is 23.3 Å². The summed E-state index contributed by atoms with van der Waals surface area (Å²) in [6.45, 7) is 0. The molecule has 0 heterocycles. The molecule has 0 aliphatic rings. The fourth-order valence-electron chi connectivity index (χ4n) is 0. The van der Waals surface area contributed by atoms with Crippen molar-refractivity contribution >= 4 is 18.6 Å². The topological polar surface area (TPSA) is 96.8 Å². The summed E-state index contributed by atoms with van der Waals surface area (Å²) in [5.74, 6) is 0. The summed E-state index contributed by atoms with van der Waals surface area (Å²) in [7, 11) is -2.83. The summed E-state index contributed by atoms with van der Waals surface area (Å²) < 4.78 is 33.6. The van der Waals surface area contributed by atoms with E-state index in [1.165, 1.54) is 0 Å². The summed E-state index contributed by atoms with van der Waals surface area (Å²) in [6.07, 6.45) is 0. The van der Waals surface area contributed by atoms with Crippen molar-refractivity contribution in [2.75, 3.05) is 0 Å². The fourth-order valence-corrected chi connectivity index (χ4v) is 0. The molecule has 0 radical (unpaired) electrons. The molecule has 0 aromatic rings. The molecule has 0 N–H and O–H groups in total. The van der Waals surface area contributed by atoms with Crippen LogP contribution in [0.25, 0.3) is 0 Å². The number of hydrogen-bond donors (Lipinski definition) is 0. The summed E-state index contributed by atoms with van der Waals surface area (Å²) in [5.41, 5.74) is 0. The van der Waals surface area contributed by atoms with Crippen LogP contribution < -0.4 is 103 Å². The van der Waals surface area contributed by atoms with Gasteiger partial charge in [-0.25, -0.2) is 0 Å². The minimum absolute atomic E-state index is 0. The number of rotatable bonds is 0. The van der Waals surface area contributed by atoms with Crippen molar-refractivity contribution in [3.63, 3.8) is 0 Å². The van der Waals surface area contributed by atoms with Crippen LogP contribution in [0.2, 0.25) is 0 Å². The Labute approximate surface area is 141 Å². The molecule has 0 rings (SSSR count). The van der Waals surface area contributed by atoms with Gasteiger partial charge in [0, 0.05) is 0 Å². The van der Waals surface area contributed by atoms with Gasteiger partial charge in [-0.15, -0.1) is 0 Å². The molecule has 9 heavy (non-hydrogen) atoms. The maximum Gasteiger partial charge on any atom is 1.00 e. The predicted molar refractivity (Wildman–Crippen MR) is 14.9 cm³/mol. The van der Waals surface area contributed by atoms with Crippen LogP contribution in [-0.4, -0.2) is 18.6 Å². The van der Waals surface area contributed by atoms with Crippen LogP contribution in [0.1, 0.15) is 0 Å². The first-order chi connectivity index (χ1) is 2.83. The molecule has 0 saturated heterocycles. The van der Waals surface area contributed by atoms with E-state index in [1.54, 1.807) is 0 Å². The van der Waals surface area contributed by atoms with E-state index in [0.717, 1.165) is 0 Å². The first-order valence-electron chi connectivity index (χ1n) is 0.816. The quantitative estimate of drug-likeness (QED) is 0.374. The van der Waals surface area contributed by atoms with Crippen LogP contribution in [0.3, 0.4) is 0 Å². The van der Waals surface area contributed by atoms with Crippen LogP contribution in [0.4, 0.5) is 0 Å². The van der Waals surface area contributed by atoms with E-state index in [2.05, 4.69) is 0 Å². The van der Waals surface area contributed by atoms with Gasteiger partial charge >= 0.3 is 121 Å². The smallest absolute Gasteiger partial charge is 1.00 e. The van der Waals surface area contributed by atoms with Gasteiger partial charge in [-0.05, 0) is 0 Å². The molecule has 0 saturated carbocycles. The second kappa shape index (κ2) is 44.7. The van der Waals surface area contributed by atoms with Crippen molar-refractivity contribution in [2.45, 2.75) is 0 Å². The monoisotopic (exact) mass is 214 g/mol. The van der Waals surface area contributed by atoms with Gasteiger partial charge in [-0.3, -0.25) is 17.8 Å².